The van der Waals surface area contributed by atoms with Gasteiger partial charge in [0, 0.05) is 19.1 Å². The van der Waals surface area contributed by atoms with Crippen LogP contribution in [0.1, 0.15) is 18.4 Å². The number of aliphatic hydroxyl groups is 1. The molecule has 1 aromatic carbocycles. The molecule has 0 amide bonds. The number of fused-ring (bicyclic) bond motifs is 1. The Hall–Kier alpha value is -1.12. The minimum Gasteiger partial charge on any atom is -0.395 e. The zero-order valence-electron chi connectivity index (χ0n) is 10.8. The lowest BCUT2D eigenvalue weighted by Crippen LogP contribution is -2.35. The van der Waals surface area contributed by atoms with Crippen molar-refractivity contribution in [3.05, 3.63) is 48.0 Å². The van der Waals surface area contributed by atoms with Gasteiger partial charge in [0.05, 0.1) is 6.61 Å². The van der Waals surface area contributed by atoms with E-state index in [1.54, 1.807) is 0 Å². The molecule has 1 N–H and O–H groups in total. The van der Waals surface area contributed by atoms with Gasteiger partial charge in [0.1, 0.15) is 0 Å². The van der Waals surface area contributed by atoms with Crippen molar-refractivity contribution in [1.29, 1.82) is 0 Å². The Balaban J connectivity index is 1.72. The third-order valence-corrected chi connectivity index (χ3v) is 4.53. The summed E-state index contributed by atoms with van der Waals surface area (Å²) in [5, 5.41) is 9.68. The Morgan fingerprint density at radius 3 is 2.72 bits per heavy atom. The average molecular weight is 243 g/mol. The van der Waals surface area contributed by atoms with Gasteiger partial charge in [-0.2, -0.15) is 0 Å². The summed E-state index contributed by atoms with van der Waals surface area (Å²) in [6.45, 7) is 6.47. The number of rotatable bonds is 3. The molecule has 0 aromatic heterocycles. The van der Waals surface area contributed by atoms with E-state index in [0.717, 1.165) is 31.8 Å². The Kier molecular flexibility index (Phi) is 3.23. The fourth-order valence-corrected chi connectivity index (χ4v) is 3.71. The molecule has 2 nitrogen and oxygen atoms in total. The van der Waals surface area contributed by atoms with Crippen molar-refractivity contribution in [3.63, 3.8) is 0 Å². The van der Waals surface area contributed by atoms with E-state index in [-0.39, 0.29) is 6.61 Å². The van der Waals surface area contributed by atoms with Gasteiger partial charge in [0.25, 0.3) is 0 Å². The van der Waals surface area contributed by atoms with Crippen LogP contribution in [0.25, 0.3) is 0 Å². The van der Waals surface area contributed by atoms with Crippen molar-refractivity contribution in [3.8, 4) is 0 Å². The molecule has 2 heteroatoms. The van der Waals surface area contributed by atoms with Crippen molar-refractivity contribution in [2.45, 2.75) is 25.4 Å². The maximum absolute atomic E-state index is 9.68. The van der Waals surface area contributed by atoms with Crippen LogP contribution >= 0.6 is 0 Å². The molecule has 2 aliphatic rings. The molecule has 18 heavy (non-hydrogen) atoms. The smallest absolute Gasteiger partial charge is 0.0589 e. The first kappa shape index (κ1) is 11.9. The van der Waals surface area contributed by atoms with Crippen LogP contribution < -0.4 is 0 Å². The molecule has 1 saturated heterocycles. The Morgan fingerprint density at radius 2 is 2.00 bits per heavy atom. The predicted octanol–water partition coefficient (Wildman–Crippen LogP) is 2.45. The van der Waals surface area contributed by atoms with E-state index in [4.69, 9.17) is 0 Å². The minimum absolute atomic E-state index is 0.279. The van der Waals surface area contributed by atoms with Gasteiger partial charge in [-0.25, -0.2) is 0 Å². The van der Waals surface area contributed by atoms with E-state index >= 15 is 0 Å². The van der Waals surface area contributed by atoms with Crippen molar-refractivity contribution < 1.29 is 5.11 Å². The van der Waals surface area contributed by atoms with Gasteiger partial charge in [-0.15, -0.1) is 0 Å². The normalized spacial score (nSPS) is 31.8. The molecule has 3 atom stereocenters. The zero-order chi connectivity index (χ0) is 12.5. The number of benzene rings is 1. The van der Waals surface area contributed by atoms with Gasteiger partial charge in [0.15, 0.2) is 0 Å². The highest BCUT2D eigenvalue weighted by molar-refractivity contribution is 5.17. The molecule has 0 unspecified atom stereocenters. The number of allylic oxidation sites excluding steroid dienone is 1. The summed E-state index contributed by atoms with van der Waals surface area (Å²) in [5.41, 5.74) is 2.72. The van der Waals surface area contributed by atoms with E-state index in [1.807, 2.05) is 0 Å². The molecule has 1 aliphatic heterocycles. The molecule has 0 spiro atoms. The summed E-state index contributed by atoms with van der Waals surface area (Å²) >= 11 is 0. The van der Waals surface area contributed by atoms with E-state index < -0.39 is 0 Å². The molecule has 1 aliphatic carbocycles. The first-order valence-electron chi connectivity index (χ1n) is 6.83. The number of hydrogen-bond donors (Lipinski definition) is 1. The first-order chi connectivity index (χ1) is 8.78. The fourth-order valence-electron chi connectivity index (χ4n) is 3.71. The summed E-state index contributed by atoms with van der Waals surface area (Å²) in [6.07, 6.45) is 2.27. The van der Waals surface area contributed by atoms with Gasteiger partial charge in [-0.05, 0) is 30.2 Å². The number of likely N-dealkylation sites (tertiary alicyclic amines) is 1. The molecule has 2 fully saturated rings. The van der Waals surface area contributed by atoms with Gasteiger partial charge >= 0.3 is 0 Å². The minimum atomic E-state index is 0.279. The van der Waals surface area contributed by atoms with Crippen LogP contribution in [-0.4, -0.2) is 29.2 Å². The van der Waals surface area contributed by atoms with Crippen molar-refractivity contribution in [1.82, 2.24) is 4.90 Å². The second-order valence-electron chi connectivity index (χ2n) is 5.75. The molecule has 1 aromatic rings. The molecule has 96 valence electrons. The standard InChI is InChI=1S/C16H21NO/c1-12-7-14-10-17(16(11-18)15(14)8-12)9-13-5-3-2-4-6-13/h2-6,14-16,18H,1,7-11H2/t14-,15-,16+/m0/s1. The zero-order valence-corrected chi connectivity index (χ0v) is 10.8. The highest BCUT2D eigenvalue weighted by atomic mass is 16.3. The van der Waals surface area contributed by atoms with Gasteiger partial charge in [0.2, 0.25) is 0 Å². The number of aliphatic hydroxyl groups excluding tert-OH is 1. The maximum atomic E-state index is 9.68. The summed E-state index contributed by atoms with van der Waals surface area (Å²) < 4.78 is 0. The fraction of sp³-hybridized carbons (Fsp3) is 0.500. The molecule has 3 rings (SSSR count). The largest absolute Gasteiger partial charge is 0.395 e. The molecular formula is C16H21NO. The van der Waals surface area contributed by atoms with Crippen LogP contribution in [0.15, 0.2) is 42.5 Å². The summed E-state index contributed by atoms with van der Waals surface area (Å²) in [6, 6.07) is 10.9. The summed E-state index contributed by atoms with van der Waals surface area (Å²) in [4.78, 5) is 2.46. The van der Waals surface area contributed by atoms with Crippen molar-refractivity contribution in [2.75, 3.05) is 13.2 Å². The molecule has 1 saturated carbocycles. The summed E-state index contributed by atoms with van der Waals surface area (Å²) in [7, 11) is 0. The van der Waals surface area contributed by atoms with Crippen molar-refractivity contribution in [2.24, 2.45) is 11.8 Å². The third-order valence-electron chi connectivity index (χ3n) is 4.53. The second-order valence-corrected chi connectivity index (χ2v) is 5.75. The summed E-state index contributed by atoms with van der Waals surface area (Å²) in [5.74, 6) is 1.35. The SMILES string of the molecule is C=C1C[C@H]2CN(Cc3ccccc3)[C@H](CO)[C@H]2C1. The molecule has 0 radical (unpaired) electrons. The van der Waals surface area contributed by atoms with Crippen LogP contribution in [0.4, 0.5) is 0 Å². The Morgan fingerprint density at radius 1 is 1.22 bits per heavy atom. The Bertz CT molecular complexity index is 428. The second kappa shape index (κ2) is 4.87. The monoisotopic (exact) mass is 243 g/mol. The van der Waals surface area contributed by atoms with E-state index in [1.165, 1.54) is 11.1 Å². The number of nitrogens with zero attached hydrogens (tertiary/aromatic N) is 1. The quantitative estimate of drug-likeness (QED) is 0.824. The van der Waals surface area contributed by atoms with Gasteiger partial charge in [-0.1, -0.05) is 42.5 Å². The van der Waals surface area contributed by atoms with E-state index in [0.29, 0.717) is 12.0 Å². The van der Waals surface area contributed by atoms with Crippen LogP contribution in [0.5, 0.6) is 0 Å². The van der Waals surface area contributed by atoms with Crippen LogP contribution in [0.3, 0.4) is 0 Å². The van der Waals surface area contributed by atoms with E-state index in [2.05, 4.69) is 41.8 Å². The van der Waals surface area contributed by atoms with Crippen molar-refractivity contribution >= 4 is 0 Å². The number of hydrogen-bond acceptors (Lipinski definition) is 2. The molecular weight excluding hydrogens is 222 g/mol. The highest BCUT2D eigenvalue weighted by Gasteiger charge is 2.44. The maximum Gasteiger partial charge on any atom is 0.0589 e. The molecule has 1 heterocycles. The lowest BCUT2D eigenvalue weighted by atomic mass is 9.94. The lowest BCUT2D eigenvalue weighted by Gasteiger charge is -2.26. The molecule has 0 bridgehead atoms. The van der Waals surface area contributed by atoms with Crippen LogP contribution in [-0.2, 0) is 6.54 Å². The topological polar surface area (TPSA) is 23.5 Å². The third kappa shape index (κ3) is 2.11. The Labute approximate surface area is 109 Å². The van der Waals surface area contributed by atoms with Crippen LogP contribution in [0.2, 0.25) is 0 Å². The highest BCUT2D eigenvalue weighted by Crippen LogP contribution is 2.44. The van der Waals surface area contributed by atoms with Gasteiger partial charge < -0.3 is 5.11 Å². The van der Waals surface area contributed by atoms with Gasteiger partial charge in [-0.3, -0.25) is 4.90 Å². The predicted molar refractivity (Wildman–Crippen MR) is 73.1 cm³/mol. The lowest BCUT2D eigenvalue weighted by molar-refractivity contribution is 0.130. The van der Waals surface area contributed by atoms with Crippen LogP contribution in [0, 0.1) is 11.8 Å². The average Bonchev–Trinajstić information content (AvgIpc) is 2.85. The van der Waals surface area contributed by atoms with E-state index in [9.17, 15) is 5.11 Å². The first-order valence-corrected chi connectivity index (χ1v) is 6.83.